The highest BCUT2D eigenvalue weighted by Gasteiger charge is 2.31. The lowest BCUT2D eigenvalue weighted by atomic mass is 10.2. The number of fused-ring (bicyclic) bond motifs is 1. The van der Waals surface area contributed by atoms with Gasteiger partial charge >= 0.3 is 0 Å². The summed E-state index contributed by atoms with van der Waals surface area (Å²) < 4.78 is 35.0. The summed E-state index contributed by atoms with van der Waals surface area (Å²) in [5.41, 5.74) is 1.67. The number of carbonyl (C=O) groups is 1. The Bertz CT molecular complexity index is 1030. The number of benzene rings is 2. The summed E-state index contributed by atoms with van der Waals surface area (Å²) in [6.07, 6.45) is 0. The smallest absolute Gasteiger partial charge is 0.276 e. The number of aromatic nitrogens is 2. The monoisotopic (exact) mass is 398 g/mol. The maximum atomic E-state index is 14.1. The summed E-state index contributed by atoms with van der Waals surface area (Å²) in [6, 6.07) is 12.8. The van der Waals surface area contributed by atoms with Gasteiger partial charge in [-0.25, -0.2) is 8.78 Å². The number of amides is 1. The lowest BCUT2D eigenvalue weighted by molar-refractivity contribution is 0.0960. The quantitative estimate of drug-likeness (QED) is 0.661. The van der Waals surface area contributed by atoms with E-state index in [1.165, 1.54) is 6.07 Å². The van der Waals surface area contributed by atoms with Gasteiger partial charge in [-0.2, -0.15) is 5.10 Å². The highest BCUT2D eigenvalue weighted by molar-refractivity contribution is 6.05. The second-order valence-electron chi connectivity index (χ2n) is 6.83. The van der Waals surface area contributed by atoms with Crippen LogP contribution in [-0.4, -0.2) is 36.4 Å². The summed E-state index contributed by atoms with van der Waals surface area (Å²) in [5.74, 6) is -1.21. The van der Waals surface area contributed by atoms with Crippen LogP contribution in [-0.2, 0) is 13.1 Å². The van der Waals surface area contributed by atoms with Crippen molar-refractivity contribution in [1.29, 1.82) is 0 Å². The lowest BCUT2D eigenvalue weighted by Crippen LogP contribution is -2.41. The van der Waals surface area contributed by atoms with Gasteiger partial charge in [0.05, 0.1) is 25.9 Å². The first-order valence-electron chi connectivity index (χ1n) is 9.15. The van der Waals surface area contributed by atoms with Crippen molar-refractivity contribution in [2.24, 2.45) is 0 Å². The van der Waals surface area contributed by atoms with Crippen molar-refractivity contribution in [3.8, 4) is 5.75 Å². The molecule has 1 aliphatic rings. The molecule has 0 bridgehead atoms. The molecule has 8 heteroatoms. The van der Waals surface area contributed by atoms with E-state index in [0.29, 0.717) is 24.5 Å². The third-order valence-corrected chi connectivity index (χ3v) is 4.95. The minimum atomic E-state index is -0.759. The van der Waals surface area contributed by atoms with Crippen molar-refractivity contribution in [3.63, 3.8) is 0 Å². The van der Waals surface area contributed by atoms with E-state index in [4.69, 9.17) is 4.74 Å². The summed E-state index contributed by atoms with van der Waals surface area (Å²) in [6.45, 7) is 0.994. The summed E-state index contributed by atoms with van der Waals surface area (Å²) in [4.78, 5) is 16.0. The topological polar surface area (TPSA) is 50.6 Å². The normalized spacial score (nSPS) is 13.4. The van der Waals surface area contributed by atoms with E-state index in [9.17, 15) is 13.6 Å². The van der Waals surface area contributed by atoms with Crippen molar-refractivity contribution < 1.29 is 18.3 Å². The van der Waals surface area contributed by atoms with Gasteiger partial charge in [0.1, 0.15) is 28.8 Å². The highest BCUT2D eigenvalue weighted by Crippen LogP contribution is 2.27. The number of para-hydroxylation sites is 1. The van der Waals surface area contributed by atoms with Gasteiger partial charge in [-0.15, -0.1) is 0 Å². The van der Waals surface area contributed by atoms with E-state index in [1.807, 2.05) is 36.2 Å². The number of carbonyl (C=O) groups excluding carboxylic acids is 1. The molecule has 1 aliphatic heterocycles. The fourth-order valence-corrected chi connectivity index (χ4v) is 3.46. The molecule has 0 unspecified atom stereocenters. The van der Waals surface area contributed by atoms with Gasteiger partial charge in [0, 0.05) is 19.3 Å². The fraction of sp³-hybridized carbons (Fsp3) is 0.238. The number of anilines is 2. The van der Waals surface area contributed by atoms with Gasteiger partial charge in [0.2, 0.25) is 0 Å². The second kappa shape index (κ2) is 7.54. The molecule has 0 aliphatic carbocycles. The molecule has 1 aromatic heterocycles. The van der Waals surface area contributed by atoms with E-state index < -0.39 is 17.5 Å². The number of rotatable bonds is 5. The molecule has 4 rings (SSSR count). The Labute approximate surface area is 166 Å². The van der Waals surface area contributed by atoms with Gasteiger partial charge in [0.15, 0.2) is 0 Å². The zero-order valence-electron chi connectivity index (χ0n) is 16.1. The van der Waals surface area contributed by atoms with Crippen LogP contribution in [0, 0.1) is 11.6 Å². The Morgan fingerprint density at radius 2 is 1.79 bits per heavy atom. The molecule has 0 atom stereocenters. The Morgan fingerprint density at radius 3 is 2.45 bits per heavy atom. The van der Waals surface area contributed by atoms with E-state index in [1.54, 1.807) is 17.9 Å². The Balaban J connectivity index is 1.55. The van der Waals surface area contributed by atoms with Gasteiger partial charge < -0.3 is 9.64 Å². The largest absolute Gasteiger partial charge is 0.497 e. The zero-order chi connectivity index (χ0) is 20.5. The van der Waals surface area contributed by atoms with Crippen LogP contribution in [0.1, 0.15) is 16.2 Å². The maximum Gasteiger partial charge on any atom is 0.276 e. The van der Waals surface area contributed by atoms with E-state index >= 15 is 0 Å². The van der Waals surface area contributed by atoms with Crippen LogP contribution in [0.25, 0.3) is 0 Å². The number of hydrogen-bond donors (Lipinski definition) is 0. The fourth-order valence-electron chi connectivity index (χ4n) is 3.46. The molecular weight excluding hydrogens is 378 g/mol. The molecule has 2 heterocycles. The molecule has 6 nitrogen and oxygen atoms in total. The van der Waals surface area contributed by atoms with E-state index in [-0.39, 0.29) is 12.2 Å². The first-order chi connectivity index (χ1) is 14.0. The average molecular weight is 398 g/mol. The van der Waals surface area contributed by atoms with Crippen LogP contribution in [0.5, 0.6) is 5.75 Å². The third kappa shape index (κ3) is 3.53. The lowest BCUT2D eigenvalue weighted by Gasteiger charge is -2.27. The first kappa shape index (κ1) is 18.9. The molecule has 0 spiro atoms. The second-order valence-corrected chi connectivity index (χ2v) is 6.83. The van der Waals surface area contributed by atoms with Crippen LogP contribution >= 0.6 is 0 Å². The standard InChI is InChI=1S/C21H20F2N4O2/c1-25(15-6-8-16(29-2)9-7-15)13-14-12-19-21(28)26(10-11-27(19)24-14)20-17(22)4-3-5-18(20)23/h3-9,12H,10-11,13H2,1-2H3. The molecule has 0 fully saturated rings. The summed E-state index contributed by atoms with van der Waals surface area (Å²) in [7, 11) is 3.53. The Kier molecular flexibility index (Phi) is 4.92. The van der Waals surface area contributed by atoms with Gasteiger partial charge in [-0.3, -0.25) is 14.4 Å². The third-order valence-electron chi connectivity index (χ3n) is 4.95. The number of ether oxygens (including phenoxy) is 1. The molecule has 3 aromatic rings. The predicted molar refractivity (Wildman–Crippen MR) is 105 cm³/mol. The highest BCUT2D eigenvalue weighted by atomic mass is 19.1. The predicted octanol–water partition coefficient (Wildman–Crippen LogP) is 3.47. The van der Waals surface area contributed by atoms with Gasteiger partial charge in [0.25, 0.3) is 5.91 Å². The van der Waals surface area contributed by atoms with Gasteiger partial charge in [-0.05, 0) is 42.5 Å². The Hall–Kier alpha value is -3.42. The van der Waals surface area contributed by atoms with Gasteiger partial charge in [-0.1, -0.05) is 6.07 Å². The molecular formula is C21H20F2N4O2. The van der Waals surface area contributed by atoms with Crippen LogP contribution in [0.3, 0.4) is 0 Å². The minimum absolute atomic E-state index is 0.152. The SMILES string of the molecule is COc1ccc(N(C)Cc2cc3n(n2)CCN(c2c(F)cccc2F)C3=O)cc1. The van der Waals surface area contributed by atoms with Crippen LogP contribution in [0.2, 0.25) is 0 Å². The number of halogens is 2. The average Bonchev–Trinajstić information content (AvgIpc) is 3.13. The molecule has 150 valence electrons. The molecule has 0 saturated heterocycles. The van der Waals surface area contributed by atoms with Crippen LogP contribution in [0.4, 0.5) is 20.2 Å². The van der Waals surface area contributed by atoms with Crippen LogP contribution in [0.15, 0.2) is 48.5 Å². The van der Waals surface area contributed by atoms with Crippen molar-refractivity contribution in [1.82, 2.24) is 9.78 Å². The molecule has 29 heavy (non-hydrogen) atoms. The number of nitrogens with zero attached hydrogens (tertiary/aromatic N) is 4. The van der Waals surface area contributed by atoms with Crippen molar-refractivity contribution >= 4 is 17.3 Å². The molecule has 1 amide bonds. The zero-order valence-corrected chi connectivity index (χ0v) is 16.1. The van der Waals surface area contributed by atoms with Crippen LogP contribution < -0.4 is 14.5 Å². The minimum Gasteiger partial charge on any atom is -0.497 e. The maximum absolute atomic E-state index is 14.1. The summed E-state index contributed by atoms with van der Waals surface area (Å²) in [5, 5.41) is 4.49. The van der Waals surface area contributed by atoms with Crippen molar-refractivity contribution in [3.05, 3.63) is 71.6 Å². The van der Waals surface area contributed by atoms with E-state index in [0.717, 1.165) is 28.5 Å². The van der Waals surface area contributed by atoms with Crippen molar-refractivity contribution in [2.45, 2.75) is 13.1 Å². The molecule has 0 radical (unpaired) electrons. The van der Waals surface area contributed by atoms with E-state index in [2.05, 4.69) is 5.10 Å². The number of hydrogen-bond acceptors (Lipinski definition) is 4. The molecule has 0 saturated carbocycles. The van der Waals surface area contributed by atoms with Crippen molar-refractivity contribution in [2.75, 3.05) is 30.5 Å². The molecule has 2 aromatic carbocycles. The first-order valence-corrected chi connectivity index (χ1v) is 9.15. The number of methoxy groups -OCH3 is 1. The Morgan fingerprint density at radius 1 is 1.10 bits per heavy atom. The molecule has 0 N–H and O–H groups in total. The summed E-state index contributed by atoms with van der Waals surface area (Å²) >= 11 is 0.